The third-order valence-electron chi connectivity index (χ3n) is 3.75. The summed E-state index contributed by atoms with van der Waals surface area (Å²) in [4.78, 5) is 13.9. The van der Waals surface area contributed by atoms with Crippen LogP contribution in [-0.2, 0) is 9.53 Å². The van der Waals surface area contributed by atoms with Gasteiger partial charge in [-0.2, -0.15) is 0 Å². The van der Waals surface area contributed by atoms with Crippen molar-refractivity contribution in [3.05, 3.63) is 29.8 Å². The summed E-state index contributed by atoms with van der Waals surface area (Å²) in [5, 5.41) is 11.6. The van der Waals surface area contributed by atoms with Crippen LogP contribution in [0.15, 0.2) is 29.4 Å². The van der Waals surface area contributed by atoms with E-state index in [-0.39, 0.29) is 17.7 Å². The number of anilines is 1. The molecular weight excluding hydrogens is 270 g/mol. The Morgan fingerprint density at radius 2 is 2.00 bits per heavy atom. The molecule has 0 saturated carbocycles. The molecule has 114 valence electrons. The summed E-state index contributed by atoms with van der Waals surface area (Å²) in [5.41, 5.74) is 7.30. The fraction of sp³-hybridized carbons (Fsp3) is 0.467. The SMILES string of the molecule is CCOC(=O)C1CCN(c2ccc(/C(N)=N\O)cc2)CC1. The largest absolute Gasteiger partial charge is 0.466 e. The van der Waals surface area contributed by atoms with Crippen LogP contribution in [0, 0.1) is 5.92 Å². The Labute approximate surface area is 124 Å². The zero-order chi connectivity index (χ0) is 15.2. The van der Waals surface area contributed by atoms with E-state index in [1.165, 1.54) is 0 Å². The summed E-state index contributed by atoms with van der Waals surface area (Å²) >= 11 is 0. The zero-order valence-electron chi connectivity index (χ0n) is 12.2. The lowest BCUT2D eigenvalue weighted by Gasteiger charge is -2.32. The van der Waals surface area contributed by atoms with Gasteiger partial charge in [0.1, 0.15) is 0 Å². The van der Waals surface area contributed by atoms with E-state index in [0.29, 0.717) is 12.2 Å². The van der Waals surface area contributed by atoms with Crippen molar-refractivity contribution in [3.8, 4) is 0 Å². The van der Waals surface area contributed by atoms with Crippen LogP contribution in [0.4, 0.5) is 5.69 Å². The molecule has 6 heteroatoms. The molecule has 0 aromatic heterocycles. The standard InChI is InChI=1S/C15H21N3O3/c1-2-21-15(19)12-7-9-18(10-8-12)13-5-3-11(4-6-13)14(16)17-20/h3-6,12,20H,2,7-10H2,1H3,(H2,16,17). The average molecular weight is 291 g/mol. The molecule has 1 fully saturated rings. The van der Waals surface area contributed by atoms with E-state index in [1.54, 1.807) is 0 Å². The van der Waals surface area contributed by atoms with Gasteiger partial charge in [0.15, 0.2) is 5.84 Å². The first-order valence-electron chi connectivity index (χ1n) is 7.15. The first-order valence-corrected chi connectivity index (χ1v) is 7.15. The van der Waals surface area contributed by atoms with Crippen molar-refractivity contribution in [1.82, 2.24) is 0 Å². The number of amidine groups is 1. The predicted octanol–water partition coefficient (Wildman–Crippen LogP) is 1.56. The van der Waals surface area contributed by atoms with E-state index in [1.807, 2.05) is 31.2 Å². The number of rotatable bonds is 4. The van der Waals surface area contributed by atoms with Gasteiger partial charge in [-0.1, -0.05) is 5.16 Å². The molecule has 0 bridgehead atoms. The quantitative estimate of drug-likeness (QED) is 0.289. The number of ether oxygens (including phenoxy) is 1. The fourth-order valence-corrected chi connectivity index (χ4v) is 2.53. The monoisotopic (exact) mass is 291 g/mol. The molecule has 0 unspecified atom stereocenters. The summed E-state index contributed by atoms with van der Waals surface area (Å²) < 4.78 is 5.07. The maximum absolute atomic E-state index is 11.7. The molecule has 3 N–H and O–H groups in total. The van der Waals surface area contributed by atoms with Gasteiger partial charge in [-0.15, -0.1) is 0 Å². The molecule has 1 aromatic rings. The van der Waals surface area contributed by atoms with Gasteiger partial charge < -0.3 is 20.6 Å². The summed E-state index contributed by atoms with van der Waals surface area (Å²) in [6.45, 7) is 3.92. The van der Waals surface area contributed by atoms with Gasteiger partial charge in [-0.25, -0.2) is 0 Å². The molecule has 6 nitrogen and oxygen atoms in total. The molecule has 1 saturated heterocycles. The third-order valence-corrected chi connectivity index (χ3v) is 3.75. The highest BCUT2D eigenvalue weighted by molar-refractivity contribution is 5.97. The highest BCUT2D eigenvalue weighted by Gasteiger charge is 2.25. The Balaban J connectivity index is 1.94. The first kappa shape index (κ1) is 15.2. The van der Waals surface area contributed by atoms with Gasteiger partial charge in [0.25, 0.3) is 0 Å². The molecule has 21 heavy (non-hydrogen) atoms. The molecule has 0 atom stereocenters. The summed E-state index contributed by atoms with van der Waals surface area (Å²) in [6.07, 6.45) is 1.61. The van der Waals surface area contributed by atoms with Crippen LogP contribution in [0.3, 0.4) is 0 Å². The van der Waals surface area contributed by atoms with Crippen LogP contribution in [0.5, 0.6) is 0 Å². The van der Waals surface area contributed by atoms with E-state index < -0.39 is 0 Å². The van der Waals surface area contributed by atoms with Crippen molar-refractivity contribution in [2.75, 3.05) is 24.6 Å². The lowest BCUT2D eigenvalue weighted by molar-refractivity contribution is -0.148. The van der Waals surface area contributed by atoms with Gasteiger partial charge in [-0.05, 0) is 44.0 Å². The highest BCUT2D eigenvalue weighted by Crippen LogP contribution is 2.24. The second kappa shape index (κ2) is 6.97. The average Bonchev–Trinajstić information content (AvgIpc) is 2.54. The van der Waals surface area contributed by atoms with E-state index in [4.69, 9.17) is 15.7 Å². The maximum atomic E-state index is 11.7. The van der Waals surface area contributed by atoms with Gasteiger partial charge >= 0.3 is 5.97 Å². The second-order valence-electron chi connectivity index (χ2n) is 5.05. The minimum atomic E-state index is -0.0839. The maximum Gasteiger partial charge on any atom is 0.309 e. The van der Waals surface area contributed by atoms with Crippen molar-refractivity contribution >= 4 is 17.5 Å². The number of esters is 1. The topological polar surface area (TPSA) is 88.2 Å². The van der Waals surface area contributed by atoms with Crippen LogP contribution < -0.4 is 10.6 Å². The van der Waals surface area contributed by atoms with Crippen molar-refractivity contribution in [3.63, 3.8) is 0 Å². The minimum absolute atomic E-state index is 0.0117. The Kier molecular flexibility index (Phi) is 5.03. The molecule has 0 spiro atoms. The lowest BCUT2D eigenvalue weighted by Crippen LogP contribution is -2.37. The third kappa shape index (κ3) is 3.65. The van der Waals surface area contributed by atoms with Crippen molar-refractivity contribution < 1.29 is 14.7 Å². The number of piperidine rings is 1. The van der Waals surface area contributed by atoms with Crippen LogP contribution in [0.1, 0.15) is 25.3 Å². The molecule has 0 amide bonds. The molecular formula is C15H21N3O3. The molecule has 1 aliphatic rings. The molecule has 1 aliphatic heterocycles. The molecule has 0 aliphatic carbocycles. The van der Waals surface area contributed by atoms with E-state index in [9.17, 15) is 4.79 Å². The number of oxime groups is 1. The van der Waals surface area contributed by atoms with Crippen molar-refractivity contribution in [2.45, 2.75) is 19.8 Å². The van der Waals surface area contributed by atoms with Gasteiger partial charge in [-0.3, -0.25) is 4.79 Å². The van der Waals surface area contributed by atoms with Crippen LogP contribution in [0.25, 0.3) is 0 Å². The number of nitrogens with two attached hydrogens (primary N) is 1. The van der Waals surface area contributed by atoms with E-state index in [0.717, 1.165) is 31.6 Å². The van der Waals surface area contributed by atoms with Gasteiger partial charge in [0.2, 0.25) is 0 Å². The number of benzene rings is 1. The molecule has 1 aromatic carbocycles. The summed E-state index contributed by atoms with van der Waals surface area (Å²) in [5.74, 6) is 0.0274. The minimum Gasteiger partial charge on any atom is -0.466 e. The Morgan fingerprint density at radius 1 is 1.38 bits per heavy atom. The van der Waals surface area contributed by atoms with E-state index in [2.05, 4.69) is 10.1 Å². The number of hydrogen-bond donors (Lipinski definition) is 2. The normalized spacial score (nSPS) is 16.8. The highest BCUT2D eigenvalue weighted by atomic mass is 16.5. The Morgan fingerprint density at radius 3 is 2.52 bits per heavy atom. The van der Waals surface area contributed by atoms with Crippen molar-refractivity contribution in [2.24, 2.45) is 16.8 Å². The summed E-state index contributed by atoms with van der Waals surface area (Å²) in [7, 11) is 0. The Hall–Kier alpha value is -2.24. The van der Waals surface area contributed by atoms with Gasteiger partial charge in [0, 0.05) is 24.3 Å². The predicted molar refractivity (Wildman–Crippen MR) is 80.5 cm³/mol. The number of carbonyl (C=O) groups excluding carboxylic acids is 1. The first-order chi connectivity index (χ1) is 10.2. The lowest BCUT2D eigenvalue weighted by atomic mass is 9.96. The van der Waals surface area contributed by atoms with Gasteiger partial charge in [0.05, 0.1) is 12.5 Å². The van der Waals surface area contributed by atoms with Crippen LogP contribution >= 0.6 is 0 Å². The number of hydrogen-bond acceptors (Lipinski definition) is 5. The molecule has 1 heterocycles. The van der Waals surface area contributed by atoms with Crippen LogP contribution in [-0.4, -0.2) is 36.7 Å². The van der Waals surface area contributed by atoms with Crippen molar-refractivity contribution in [1.29, 1.82) is 0 Å². The molecule has 0 radical (unpaired) electrons. The van der Waals surface area contributed by atoms with Crippen LogP contribution in [0.2, 0.25) is 0 Å². The van der Waals surface area contributed by atoms with E-state index >= 15 is 0 Å². The second-order valence-corrected chi connectivity index (χ2v) is 5.05. The zero-order valence-corrected chi connectivity index (χ0v) is 12.2. The number of nitrogens with zero attached hydrogens (tertiary/aromatic N) is 2. The summed E-state index contributed by atoms with van der Waals surface area (Å²) in [6, 6.07) is 7.53. The number of carbonyl (C=O) groups is 1. The molecule has 2 rings (SSSR count). The Bertz CT molecular complexity index is 505. The fourth-order valence-electron chi connectivity index (χ4n) is 2.53. The smallest absolute Gasteiger partial charge is 0.309 e.